The van der Waals surface area contributed by atoms with Crippen LogP contribution in [0.4, 0.5) is 0 Å². The summed E-state index contributed by atoms with van der Waals surface area (Å²) in [5, 5.41) is 4.77. The van der Waals surface area contributed by atoms with E-state index in [4.69, 9.17) is 23.2 Å². The quantitative estimate of drug-likeness (QED) is 0.872. The summed E-state index contributed by atoms with van der Waals surface area (Å²) in [5.74, 6) is 0.487. The molecule has 0 saturated carbocycles. The number of hydrogen-bond acceptors (Lipinski definition) is 2. The van der Waals surface area contributed by atoms with Gasteiger partial charge in [-0.2, -0.15) is 0 Å². The molecule has 0 fully saturated rings. The number of pyridine rings is 1. The molecule has 0 aliphatic rings. The highest BCUT2D eigenvalue weighted by Gasteiger charge is 2.12. The van der Waals surface area contributed by atoms with Crippen LogP contribution in [-0.2, 0) is 12.8 Å². The van der Waals surface area contributed by atoms with Crippen molar-refractivity contribution < 1.29 is 0 Å². The Morgan fingerprint density at radius 2 is 1.85 bits per heavy atom. The third-order valence-electron chi connectivity index (χ3n) is 3.30. The highest BCUT2D eigenvalue weighted by atomic mass is 35.5. The first-order valence-electron chi connectivity index (χ1n) is 6.66. The number of halogens is 2. The second-order valence-corrected chi connectivity index (χ2v) is 5.77. The molecule has 0 aliphatic heterocycles. The standard InChI is InChI=1S/C16H18Cl2N2/c1-19-10-13(8-12-2-4-15(17)5-3-12)9-14-6-7-20-11-16(14)18/h2-7,11,13,19H,8-10H2,1H3. The van der Waals surface area contributed by atoms with Crippen LogP contribution in [0.25, 0.3) is 0 Å². The van der Waals surface area contributed by atoms with Crippen molar-refractivity contribution in [1.29, 1.82) is 0 Å². The van der Waals surface area contributed by atoms with E-state index in [1.807, 2.05) is 25.2 Å². The molecule has 4 heteroatoms. The SMILES string of the molecule is CNCC(Cc1ccc(Cl)cc1)Cc1ccncc1Cl. The zero-order valence-corrected chi connectivity index (χ0v) is 13.0. The molecule has 0 amide bonds. The maximum absolute atomic E-state index is 6.19. The number of nitrogens with one attached hydrogen (secondary N) is 1. The zero-order valence-electron chi connectivity index (χ0n) is 11.4. The average molecular weight is 309 g/mol. The lowest BCUT2D eigenvalue weighted by Crippen LogP contribution is -2.23. The van der Waals surface area contributed by atoms with Crippen molar-refractivity contribution >= 4 is 23.2 Å². The molecule has 0 aliphatic carbocycles. The second-order valence-electron chi connectivity index (χ2n) is 4.93. The van der Waals surface area contributed by atoms with E-state index in [2.05, 4.69) is 22.4 Å². The van der Waals surface area contributed by atoms with Crippen LogP contribution in [0, 0.1) is 5.92 Å². The van der Waals surface area contributed by atoms with Gasteiger partial charge in [-0.3, -0.25) is 4.98 Å². The molecule has 2 nitrogen and oxygen atoms in total. The predicted molar refractivity (Wildman–Crippen MR) is 85.5 cm³/mol. The van der Waals surface area contributed by atoms with Crippen molar-refractivity contribution in [3.63, 3.8) is 0 Å². The van der Waals surface area contributed by atoms with E-state index in [0.29, 0.717) is 5.92 Å². The third kappa shape index (κ3) is 4.48. The molecule has 0 bridgehead atoms. The number of nitrogens with zero attached hydrogens (tertiary/aromatic N) is 1. The number of hydrogen-bond donors (Lipinski definition) is 1. The highest BCUT2D eigenvalue weighted by molar-refractivity contribution is 6.31. The Kier molecular flexibility index (Phi) is 5.84. The Morgan fingerprint density at radius 1 is 1.10 bits per heavy atom. The van der Waals surface area contributed by atoms with Gasteiger partial charge in [-0.1, -0.05) is 35.3 Å². The maximum atomic E-state index is 6.19. The van der Waals surface area contributed by atoms with Gasteiger partial charge in [-0.05, 0) is 61.7 Å². The first-order valence-corrected chi connectivity index (χ1v) is 7.42. The first kappa shape index (κ1) is 15.3. The van der Waals surface area contributed by atoms with Gasteiger partial charge in [0, 0.05) is 17.4 Å². The fourth-order valence-corrected chi connectivity index (χ4v) is 2.66. The predicted octanol–water partition coefficient (Wildman–Crippen LogP) is 4.01. The van der Waals surface area contributed by atoms with Crippen LogP contribution < -0.4 is 5.32 Å². The van der Waals surface area contributed by atoms with E-state index in [1.54, 1.807) is 12.4 Å². The van der Waals surface area contributed by atoms with Crippen LogP contribution in [0.5, 0.6) is 0 Å². The van der Waals surface area contributed by atoms with E-state index in [9.17, 15) is 0 Å². The summed E-state index contributed by atoms with van der Waals surface area (Å²) >= 11 is 12.1. The van der Waals surface area contributed by atoms with E-state index >= 15 is 0 Å². The largest absolute Gasteiger partial charge is 0.319 e. The molecule has 106 valence electrons. The molecule has 1 unspecified atom stereocenters. The molecule has 20 heavy (non-hydrogen) atoms. The summed E-state index contributed by atoms with van der Waals surface area (Å²) in [4.78, 5) is 4.03. The van der Waals surface area contributed by atoms with Gasteiger partial charge in [0.2, 0.25) is 0 Å². The maximum Gasteiger partial charge on any atom is 0.0621 e. The van der Waals surface area contributed by atoms with Gasteiger partial charge < -0.3 is 5.32 Å². The Hall–Kier alpha value is -1.09. The van der Waals surface area contributed by atoms with Gasteiger partial charge >= 0.3 is 0 Å². The normalized spacial score (nSPS) is 12.3. The van der Waals surface area contributed by atoms with E-state index < -0.39 is 0 Å². The summed E-state index contributed by atoms with van der Waals surface area (Å²) in [6.07, 6.45) is 5.43. The Bertz CT molecular complexity index is 540. The Labute approximate surface area is 130 Å². The average Bonchev–Trinajstić information content (AvgIpc) is 2.44. The zero-order chi connectivity index (χ0) is 14.4. The van der Waals surface area contributed by atoms with Crippen LogP contribution in [0.2, 0.25) is 10.0 Å². The molecule has 1 heterocycles. The van der Waals surface area contributed by atoms with Gasteiger partial charge in [-0.15, -0.1) is 0 Å². The Morgan fingerprint density at radius 3 is 2.50 bits per heavy atom. The molecule has 1 N–H and O–H groups in total. The van der Waals surface area contributed by atoms with Gasteiger partial charge in [0.15, 0.2) is 0 Å². The van der Waals surface area contributed by atoms with Crippen molar-refractivity contribution in [1.82, 2.24) is 10.3 Å². The first-order chi connectivity index (χ1) is 9.69. The van der Waals surface area contributed by atoms with Crippen molar-refractivity contribution in [3.05, 3.63) is 63.9 Å². The number of aromatic nitrogens is 1. The van der Waals surface area contributed by atoms with E-state index in [1.165, 1.54) is 5.56 Å². The summed E-state index contributed by atoms with van der Waals surface area (Å²) < 4.78 is 0. The van der Waals surface area contributed by atoms with Gasteiger partial charge in [0.1, 0.15) is 0 Å². The van der Waals surface area contributed by atoms with Crippen molar-refractivity contribution in [3.8, 4) is 0 Å². The highest BCUT2D eigenvalue weighted by Crippen LogP contribution is 2.21. The molecule has 2 rings (SSSR count). The second kappa shape index (κ2) is 7.63. The molecule has 1 aromatic carbocycles. The summed E-state index contributed by atoms with van der Waals surface area (Å²) in [7, 11) is 1.98. The molecule has 0 radical (unpaired) electrons. The van der Waals surface area contributed by atoms with Gasteiger partial charge in [0.05, 0.1) is 5.02 Å². The minimum atomic E-state index is 0.487. The van der Waals surface area contributed by atoms with Crippen LogP contribution >= 0.6 is 23.2 Å². The number of benzene rings is 1. The van der Waals surface area contributed by atoms with E-state index in [-0.39, 0.29) is 0 Å². The molecular formula is C16H18Cl2N2. The summed E-state index contributed by atoms with van der Waals surface area (Å²) in [6.45, 7) is 0.946. The van der Waals surface area contributed by atoms with Crippen LogP contribution in [0.3, 0.4) is 0 Å². The van der Waals surface area contributed by atoms with Crippen LogP contribution in [0.15, 0.2) is 42.7 Å². The van der Waals surface area contributed by atoms with Crippen molar-refractivity contribution in [2.75, 3.05) is 13.6 Å². The minimum Gasteiger partial charge on any atom is -0.319 e. The molecule has 0 saturated heterocycles. The lowest BCUT2D eigenvalue weighted by molar-refractivity contribution is 0.493. The van der Waals surface area contributed by atoms with E-state index in [0.717, 1.165) is 35.0 Å². The molecule has 2 aromatic rings. The molecule has 1 atom stereocenters. The Balaban J connectivity index is 2.07. The number of rotatable bonds is 6. The van der Waals surface area contributed by atoms with Crippen LogP contribution in [-0.4, -0.2) is 18.6 Å². The minimum absolute atomic E-state index is 0.487. The summed E-state index contributed by atoms with van der Waals surface area (Å²) in [6, 6.07) is 10.0. The molecular weight excluding hydrogens is 291 g/mol. The fourth-order valence-electron chi connectivity index (χ4n) is 2.34. The lowest BCUT2D eigenvalue weighted by atomic mass is 9.93. The molecule has 0 spiro atoms. The van der Waals surface area contributed by atoms with Crippen molar-refractivity contribution in [2.45, 2.75) is 12.8 Å². The fraction of sp³-hybridized carbons (Fsp3) is 0.312. The monoisotopic (exact) mass is 308 g/mol. The van der Waals surface area contributed by atoms with Crippen LogP contribution in [0.1, 0.15) is 11.1 Å². The smallest absolute Gasteiger partial charge is 0.0621 e. The topological polar surface area (TPSA) is 24.9 Å². The third-order valence-corrected chi connectivity index (χ3v) is 3.89. The van der Waals surface area contributed by atoms with Gasteiger partial charge in [0.25, 0.3) is 0 Å². The summed E-state index contributed by atoms with van der Waals surface area (Å²) in [5.41, 5.74) is 2.44. The molecule has 1 aromatic heterocycles. The van der Waals surface area contributed by atoms with Crippen molar-refractivity contribution in [2.24, 2.45) is 5.92 Å². The lowest BCUT2D eigenvalue weighted by Gasteiger charge is -2.17. The van der Waals surface area contributed by atoms with Gasteiger partial charge in [-0.25, -0.2) is 0 Å².